The highest BCUT2D eigenvalue weighted by molar-refractivity contribution is 6.01. The van der Waals surface area contributed by atoms with Gasteiger partial charge in [0.25, 0.3) is 0 Å². The maximum atomic E-state index is 10.4. The standard InChI is InChI=1S/C15H14N2O2/c1-2-19-10-4-6-13-12(8-10)15(18)11-5-3-9(16)7-14(11)17-13/h3-8H,2,16H2,1H3,(H,17,18). The van der Waals surface area contributed by atoms with E-state index in [1.165, 1.54) is 0 Å². The van der Waals surface area contributed by atoms with Crippen molar-refractivity contribution in [1.82, 2.24) is 4.98 Å². The summed E-state index contributed by atoms with van der Waals surface area (Å²) in [4.78, 5) is 4.51. The molecule has 1 aromatic heterocycles. The van der Waals surface area contributed by atoms with Crippen molar-refractivity contribution in [2.75, 3.05) is 12.3 Å². The van der Waals surface area contributed by atoms with E-state index >= 15 is 0 Å². The van der Waals surface area contributed by atoms with Gasteiger partial charge in [0.2, 0.25) is 0 Å². The highest BCUT2D eigenvalue weighted by Gasteiger charge is 2.09. The minimum atomic E-state index is 0.210. The first kappa shape index (κ1) is 11.6. The van der Waals surface area contributed by atoms with Gasteiger partial charge in [0.1, 0.15) is 11.5 Å². The Hall–Kier alpha value is -2.49. The van der Waals surface area contributed by atoms with Crippen LogP contribution in [0.5, 0.6) is 11.5 Å². The molecule has 0 spiro atoms. The Morgan fingerprint density at radius 1 is 1.11 bits per heavy atom. The molecule has 0 radical (unpaired) electrons. The topological polar surface area (TPSA) is 68.4 Å². The van der Waals surface area contributed by atoms with Gasteiger partial charge in [0, 0.05) is 16.5 Å². The van der Waals surface area contributed by atoms with E-state index in [-0.39, 0.29) is 5.75 Å². The fraction of sp³-hybridized carbons (Fsp3) is 0.133. The molecule has 19 heavy (non-hydrogen) atoms. The summed E-state index contributed by atoms with van der Waals surface area (Å²) in [5.74, 6) is 0.934. The molecule has 0 amide bonds. The molecular weight excluding hydrogens is 240 g/mol. The van der Waals surface area contributed by atoms with E-state index in [1.807, 2.05) is 19.1 Å². The molecule has 0 saturated carbocycles. The molecule has 96 valence electrons. The largest absolute Gasteiger partial charge is 0.507 e. The maximum absolute atomic E-state index is 10.4. The van der Waals surface area contributed by atoms with Crippen LogP contribution < -0.4 is 10.5 Å². The first-order chi connectivity index (χ1) is 9.19. The molecule has 2 aromatic carbocycles. The van der Waals surface area contributed by atoms with Gasteiger partial charge in [0.05, 0.1) is 17.6 Å². The monoisotopic (exact) mass is 254 g/mol. The van der Waals surface area contributed by atoms with Crippen molar-refractivity contribution in [3.63, 3.8) is 0 Å². The van der Waals surface area contributed by atoms with E-state index in [2.05, 4.69) is 4.98 Å². The average Bonchev–Trinajstić information content (AvgIpc) is 2.40. The van der Waals surface area contributed by atoms with Crippen LogP contribution in [0, 0.1) is 0 Å². The SMILES string of the molecule is CCOc1ccc2nc3cc(N)ccc3c(O)c2c1. The predicted molar refractivity (Wildman–Crippen MR) is 76.5 cm³/mol. The molecule has 1 heterocycles. The molecule has 3 rings (SSSR count). The molecule has 4 nitrogen and oxygen atoms in total. The molecule has 0 fully saturated rings. The molecule has 0 saturated heterocycles. The van der Waals surface area contributed by atoms with Crippen LogP contribution in [0.2, 0.25) is 0 Å². The van der Waals surface area contributed by atoms with Gasteiger partial charge in [-0.1, -0.05) is 0 Å². The molecule has 0 aliphatic carbocycles. The van der Waals surface area contributed by atoms with Gasteiger partial charge in [-0.05, 0) is 43.3 Å². The lowest BCUT2D eigenvalue weighted by atomic mass is 10.1. The second-order valence-corrected chi connectivity index (χ2v) is 4.35. The number of hydrogen-bond donors (Lipinski definition) is 2. The second kappa shape index (κ2) is 4.31. The summed E-state index contributed by atoms with van der Waals surface area (Å²) in [7, 11) is 0. The molecule has 3 N–H and O–H groups in total. The van der Waals surface area contributed by atoms with E-state index in [4.69, 9.17) is 10.5 Å². The zero-order chi connectivity index (χ0) is 13.4. The fourth-order valence-electron chi connectivity index (χ4n) is 2.18. The number of pyridine rings is 1. The average molecular weight is 254 g/mol. The molecule has 0 aliphatic heterocycles. The molecule has 4 heteroatoms. The third kappa shape index (κ3) is 1.91. The molecule has 0 atom stereocenters. The number of aromatic nitrogens is 1. The van der Waals surface area contributed by atoms with Crippen LogP contribution in [-0.2, 0) is 0 Å². The number of ether oxygens (including phenoxy) is 1. The number of nitrogens with zero attached hydrogens (tertiary/aromatic N) is 1. The van der Waals surface area contributed by atoms with Gasteiger partial charge in [-0.2, -0.15) is 0 Å². The smallest absolute Gasteiger partial charge is 0.134 e. The molecule has 0 unspecified atom stereocenters. The Morgan fingerprint density at radius 3 is 2.74 bits per heavy atom. The van der Waals surface area contributed by atoms with Crippen LogP contribution in [0.1, 0.15) is 6.92 Å². The van der Waals surface area contributed by atoms with E-state index < -0.39 is 0 Å². The van der Waals surface area contributed by atoms with Gasteiger partial charge in [-0.3, -0.25) is 0 Å². The number of nitrogen functional groups attached to an aromatic ring is 1. The quantitative estimate of drug-likeness (QED) is 0.544. The van der Waals surface area contributed by atoms with Crippen LogP contribution >= 0.6 is 0 Å². The third-order valence-electron chi connectivity index (χ3n) is 3.05. The van der Waals surface area contributed by atoms with E-state index in [1.54, 1.807) is 24.3 Å². The van der Waals surface area contributed by atoms with Crippen LogP contribution in [-0.4, -0.2) is 16.7 Å². The zero-order valence-corrected chi connectivity index (χ0v) is 10.6. The Balaban J connectivity index is 2.33. The van der Waals surface area contributed by atoms with Gasteiger partial charge >= 0.3 is 0 Å². The Bertz CT molecular complexity index is 769. The predicted octanol–water partition coefficient (Wildman–Crippen LogP) is 3.07. The number of benzene rings is 2. The number of fused-ring (bicyclic) bond motifs is 2. The van der Waals surface area contributed by atoms with Gasteiger partial charge in [0.15, 0.2) is 0 Å². The van der Waals surface area contributed by atoms with Crippen LogP contribution in [0.4, 0.5) is 5.69 Å². The number of anilines is 1. The minimum Gasteiger partial charge on any atom is -0.507 e. The van der Waals surface area contributed by atoms with Crippen molar-refractivity contribution in [2.45, 2.75) is 6.92 Å². The summed E-state index contributed by atoms with van der Waals surface area (Å²) in [6, 6.07) is 10.8. The van der Waals surface area contributed by atoms with Gasteiger partial charge in [-0.15, -0.1) is 0 Å². The van der Waals surface area contributed by atoms with Gasteiger partial charge in [-0.25, -0.2) is 4.98 Å². The summed E-state index contributed by atoms with van der Waals surface area (Å²) in [6.45, 7) is 2.51. The summed E-state index contributed by atoms with van der Waals surface area (Å²) < 4.78 is 5.44. The van der Waals surface area contributed by atoms with Crippen molar-refractivity contribution < 1.29 is 9.84 Å². The lowest BCUT2D eigenvalue weighted by Crippen LogP contribution is -1.92. The molecule has 3 aromatic rings. The third-order valence-corrected chi connectivity index (χ3v) is 3.05. The Labute approximate surface area is 110 Å². The highest BCUT2D eigenvalue weighted by atomic mass is 16.5. The lowest BCUT2D eigenvalue weighted by molar-refractivity contribution is 0.340. The molecule has 0 bridgehead atoms. The molecule has 0 aliphatic rings. The van der Waals surface area contributed by atoms with Crippen molar-refractivity contribution in [3.05, 3.63) is 36.4 Å². The Kier molecular flexibility index (Phi) is 2.63. The van der Waals surface area contributed by atoms with Gasteiger partial charge < -0.3 is 15.6 Å². The number of nitrogens with two attached hydrogens (primary N) is 1. The number of aromatic hydroxyl groups is 1. The lowest BCUT2D eigenvalue weighted by Gasteiger charge is -2.08. The van der Waals surface area contributed by atoms with Crippen molar-refractivity contribution in [1.29, 1.82) is 0 Å². The number of hydrogen-bond acceptors (Lipinski definition) is 4. The highest BCUT2D eigenvalue weighted by Crippen LogP contribution is 2.34. The van der Waals surface area contributed by atoms with Crippen LogP contribution in [0.3, 0.4) is 0 Å². The number of rotatable bonds is 2. The summed E-state index contributed by atoms with van der Waals surface area (Å²) >= 11 is 0. The van der Waals surface area contributed by atoms with E-state index in [0.717, 1.165) is 11.3 Å². The summed E-state index contributed by atoms with van der Waals surface area (Å²) in [6.07, 6.45) is 0. The first-order valence-corrected chi connectivity index (χ1v) is 6.14. The zero-order valence-electron chi connectivity index (χ0n) is 10.6. The maximum Gasteiger partial charge on any atom is 0.134 e. The van der Waals surface area contributed by atoms with Crippen LogP contribution in [0.25, 0.3) is 21.8 Å². The van der Waals surface area contributed by atoms with Crippen molar-refractivity contribution >= 4 is 27.5 Å². The molecular formula is C15H14N2O2. The van der Waals surface area contributed by atoms with E-state index in [0.29, 0.717) is 28.6 Å². The van der Waals surface area contributed by atoms with Crippen molar-refractivity contribution in [2.24, 2.45) is 0 Å². The minimum absolute atomic E-state index is 0.210. The fourth-order valence-corrected chi connectivity index (χ4v) is 2.18. The van der Waals surface area contributed by atoms with E-state index in [9.17, 15) is 5.11 Å². The van der Waals surface area contributed by atoms with Crippen molar-refractivity contribution in [3.8, 4) is 11.5 Å². The summed E-state index contributed by atoms with van der Waals surface area (Å²) in [5, 5.41) is 11.7. The first-order valence-electron chi connectivity index (χ1n) is 6.14. The second-order valence-electron chi connectivity index (χ2n) is 4.35. The normalized spacial score (nSPS) is 11.0. The van der Waals surface area contributed by atoms with Crippen LogP contribution in [0.15, 0.2) is 36.4 Å². The Morgan fingerprint density at radius 2 is 1.95 bits per heavy atom. The summed E-state index contributed by atoms with van der Waals surface area (Å²) in [5.41, 5.74) is 7.78.